The van der Waals surface area contributed by atoms with E-state index in [9.17, 15) is 4.79 Å². The molecule has 0 unspecified atom stereocenters. The van der Waals surface area contributed by atoms with E-state index in [1.165, 1.54) is 24.3 Å². The number of benzene rings is 2. The van der Waals surface area contributed by atoms with E-state index in [0.29, 0.717) is 5.56 Å². The van der Waals surface area contributed by atoms with E-state index in [-0.39, 0.29) is 11.7 Å². The second-order valence-corrected chi connectivity index (χ2v) is 4.62. The number of rotatable bonds is 3. The van der Waals surface area contributed by atoms with Crippen LogP contribution in [-0.2, 0) is 0 Å². The van der Waals surface area contributed by atoms with Crippen LogP contribution in [0.5, 0.6) is 5.75 Å². The molecule has 0 heterocycles. The average Bonchev–Trinajstić information content (AvgIpc) is 2.41. The molecule has 2 rings (SSSR count). The van der Waals surface area contributed by atoms with Crippen LogP contribution < -0.4 is 5.43 Å². The molecule has 0 aliphatic heterocycles. The molecule has 2 aromatic carbocycles. The van der Waals surface area contributed by atoms with Crippen LogP contribution in [0.3, 0.4) is 0 Å². The molecule has 0 aliphatic rings. The Labute approximate surface area is 118 Å². The number of amides is 1. The molecule has 0 atom stereocenters. The predicted molar refractivity (Wildman–Crippen MR) is 77.3 cm³/mol. The summed E-state index contributed by atoms with van der Waals surface area (Å²) in [4.78, 5) is 11.7. The van der Waals surface area contributed by atoms with Crippen LogP contribution in [0.15, 0.2) is 58.1 Å². The summed E-state index contributed by atoms with van der Waals surface area (Å²) in [7, 11) is 0. The first-order chi connectivity index (χ1) is 9.16. The molecule has 0 spiro atoms. The lowest BCUT2D eigenvalue weighted by molar-refractivity contribution is 0.0955. The number of aromatic hydroxyl groups is 1. The largest absolute Gasteiger partial charge is 0.508 e. The van der Waals surface area contributed by atoms with Crippen LogP contribution in [0.4, 0.5) is 0 Å². The van der Waals surface area contributed by atoms with Gasteiger partial charge in [-0.3, -0.25) is 4.79 Å². The topological polar surface area (TPSA) is 61.7 Å². The molecule has 0 fully saturated rings. The van der Waals surface area contributed by atoms with E-state index in [2.05, 4.69) is 26.5 Å². The Morgan fingerprint density at radius 2 is 1.84 bits per heavy atom. The van der Waals surface area contributed by atoms with Crippen molar-refractivity contribution in [1.29, 1.82) is 0 Å². The zero-order valence-electron chi connectivity index (χ0n) is 9.88. The van der Waals surface area contributed by atoms with Crippen molar-refractivity contribution in [2.45, 2.75) is 0 Å². The molecule has 0 aliphatic carbocycles. The van der Waals surface area contributed by atoms with Crippen molar-refractivity contribution >= 4 is 28.1 Å². The second kappa shape index (κ2) is 6.15. The van der Waals surface area contributed by atoms with Crippen molar-refractivity contribution in [3.63, 3.8) is 0 Å². The van der Waals surface area contributed by atoms with Crippen LogP contribution in [-0.4, -0.2) is 17.2 Å². The first-order valence-corrected chi connectivity index (χ1v) is 6.33. The number of nitrogens with one attached hydrogen (secondary N) is 1. The maximum Gasteiger partial charge on any atom is 0.271 e. The monoisotopic (exact) mass is 318 g/mol. The van der Waals surface area contributed by atoms with Gasteiger partial charge in [0.15, 0.2) is 0 Å². The Balaban J connectivity index is 2.01. The smallest absolute Gasteiger partial charge is 0.271 e. The Morgan fingerprint density at radius 1 is 1.16 bits per heavy atom. The van der Waals surface area contributed by atoms with Crippen LogP contribution in [0.2, 0.25) is 0 Å². The molecule has 0 radical (unpaired) electrons. The highest BCUT2D eigenvalue weighted by molar-refractivity contribution is 9.10. The maximum atomic E-state index is 11.7. The van der Waals surface area contributed by atoms with Crippen molar-refractivity contribution < 1.29 is 9.90 Å². The number of hydrogen-bond acceptors (Lipinski definition) is 3. The summed E-state index contributed by atoms with van der Waals surface area (Å²) in [5.41, 5.74) is 3.72. The first kappa shape index (κ1) is 13.3. The van der Waals surface area contributed by atoms with Crippen LogP contribution in [0.25, 0.3) is 0 Å². The van der Waals surface area contributed by atoms with E-state index in [0.717, 1.165) is 10.0 Å². The third-order valence-electron chi connectivity index (χ3n) is 2.40. The van der Waals surface area contributed by atoms with Crippen molar-refractivity contribution in [1.82, 2.24) is 5.43 Å². The highest BCUT2D eigenvalue weighted by Crippen LogP contribution is 2.13. The summed E-state index contributed by atoms with van der Waals surface area (Å²) in [6.07, 6.45) is 1.56. The fourth-order valence-corrected chi connectivity index (χ4v) is 1.80. The van der Waals surface area contributed by atoms with Gasteiger partial charge in [0, 0.05) is 15.6 Å². The van der Waals surface area contributed by atoms with Gasteiger partial charge in [-0.25, -0.2) is 5.43 Å². The number of hydrogen-bond donors (Lipinski definition) is 2. The molecule has 4 nitrogen and oxygen atoms in total. The molecule has 0 bridgehead atoms. The van der Waals surface area contributed by atoms with E-state index >= 15 is 0 Å². The molecule has 5 heteroatoms. The Hall–Kier alpha value is -2.14. The normalized spacial score (nSPS) is 10.6. The minimum atomic E-state index is -0.330. The lowest BCUT2D eigenvalue weighted by Crippen LogP contribution is -2.17. The number of halogens is 1. The zero-order chi connectivity index (χ0) is 13.7. The summed E-state index contributed by atoms with van der Waals surface area (Å²) in [5.74, 6) is -0.212. The number of phenolic OH excluding ortho intramolecular Hbond substituents is 1. The zero-order valence-corrected chi connectivity index (χ0v) is 11.5. The number of phenols is 1. The number of carbonyl (C=O) groups is 1. The van der Waals surface area contributed by atoms with E-state index in [1.54, 1.807) is 6.21 Å². The Kier molecular flexibility index (Phi) is 4.30. The van der Waals surface area contributed by atoms with Gasteiger partial charge >= 0.3 is 0 Å². The van der Waals surface area contributed by atoms with Gasteiger partial charge in [-0.05, 0) is 30.3 Å². The third-order valence-corrected chi connectivity index (χ3v) is 3.13. The van der Waals surface area contributed by atoms with Crippen LogP contribution in [0.1, 0.15) is 15.9 Å². The second-order valence-electron chi connectivity index (χ2n) is 3.77. The number of nitrogens with zero attached hydrogens (tertiary/aromatic N) is 1. The molecular formula is C14H11BrN2O2. The molecular weight excluding hydrogens is 308 g/mol. The van der Waals surface area contributed by atoms with Crippen molar-refractivity contribution in [3.8, 4) is 5.75 Å². The Morgan fingerprint density at radius 3 is 2.53 bits per heavy atom. The van der Waals surface area contributed by atoms with Crippen LogP contribution in [0, 0.1) is 0 Å². The summed E-state index contributed by atoms with van der Waals surface area (Å²) < 4.78 is 0.901. The van der Waals surface area contributed by atoms with Gasteiger partial charge in [-0.1, -0.05) is 34.1 Å². The summed E-state index contributed by atoms with van der Waals surface area (Å²) in [6, 6.07) is 13.5. The molecule has 96 valence electrons. The molecule has 0 saturated carbocycles. The molecule has 2 N–H and O–H groups in total. The molecule has 0 saturated heterocycles. The van der Waals surface area contributed by atoms with Crippen molar-refractivity contribution in [2.75, 3.05) is 0 Å². The van der Waals surface area contributed by atoms with Gasteiger partial charge < -0.3 is 5.11 Å². The van der Waals surface area contributed by atoms with Crippen molar-refractivity contribution in [2.24, 2.45) is 5.10 Å². The first-order valence-electron chi connectivity index (χ1n) is 5.54. The SMILES string of the molecule is O=C(NN=Cc1ccccc1Br)c1ccc(O)cc1. The summed E-state index contributed by atoms with van der Waals surface area (Å²) >= 11 is 3.38. The predicted octanol–water partition coefficient (Wildman–Crippen LogP) is 2.92. The van der Waals surface area contributed by atoms with Gasteiger partial charge in [-0.2, -0.15) is 5.10 Å². The number of hydrazone groups is 1. The fraction of sp³-hybridized carbons (Fsp3) is 0. The van der Waals surface area contributed by atoms with Crippen molar-refractivity contribution in [3.05, 3.63) is 64.1 Å². The summed E-state index contributed by atoms with van der Waals surface area (Å²) in [6.45, 7) is 0. The third kappa shape index (κ3) is 3.66. The van der Waals surface area contributed by atoms with Crippen LogP contribution >= 0.6 is 15.9 Å². The van der Waals surface area contributed by atoms with Gasteiger partial charge in [0.25, 0.3) is 5.91 Å². The molecule has 19 heavy (non-hydrogen) atoms. The van der Waals surface area contributed by atoms with E-state index < -0.39 is 0 Å². The molecule has 1 amide bonds. The Bertz CT molecular complexity index is 609. The minimum Gasteiger partial charge on any atom is -0.508 e. The lowest BCUT2D eigenvalue weighted by atomic mass is 10.2. The maximum absolute atomic E-state index is 11.7. The van der Waals surface area contributed by atoms with Gasteiger partial charge in [-0.15, -0.1) is 0 Å². The lowest BCUT2D eigenvalue weighted by Gasteiger charge is -2.00. The summed E-state index contributed by atoms with van der Waals surface area (Å²) in [5, 5.41) is 13.0. The highest BCUT2D eigenvalue weighted by atomic mass is 79.9. The van der Waals surface area contributed by atoms with E-state index in [1.807, 2.05) is 24.3 Å². The standard InChI is InChI=1S/C14H11BrN2O2/c15-13-4-2-1-3-11(13)9-16-17-14(19)10-5-7-12(18)8-6-10/h1-9,18H,(H,17,19). The van der Waals surface area contributed by atoms with Gasteiger partial charge in [0.1, 0.15) is 5.75 Å². The molecule has 2 aromatic rings. The highest BCUT2D eigenvalue weighted by Gasteiger charge is 2.03. The van der Waals surface area contributed by atoms with E-state index in [4.69, 9.17) is 5.11 Å². The molecule has 0 aromatic heterocycles. The minimum absolute atomic E-state index is 0.119. The van der Waals surface area contributed by atoms with Gasteiger partial charge in [0.2, 0.25) is 0 Å². The average molecular weight is 319 g/mol. The fourth-order valence-electron chi connectivity index (χ4n) is 1.42. The van der Waals surface area contributed by atoms with Gasteiger partial charge in [0.05, 0.1) is 6.21 Å². The quantitative estimate of drug-likeness (QED) is 0.675. The number of carbonyl (C=O) groups excluding carboxylic acids is 1.